The summed E-state index contributed by atoms with van der Waals surface area (Å²) in [6.45, 7) is 0.622. The number of benzene rings is 1. The van der Waals surface area contributed by atoms with Gasteiger partial charge in [0.05, 0.1) is 30.7 Å². The summed E-state index contributed by atoms with van der Waals surface area (Å²) < 4.78 is 0. The molecule has 1 aliphatic carbocycles. The third-order valence-electron chi connectivity index (χ3n) is 6.10. The maximum absolute atomic E-state index is 12.9. The summed E-state index contributed by atoms with van der Waals surface area (Å²) in [7, 11) is 0. The Bertz CT molecular complexity index is 956. The molecule has 0 spiro atoms. The van der Waals surface area contributed by atoms with Crippen LogP contribution in [0.15, 0.2) is 12.1 Å². The first-order valence-corrected chi connectivity index (χ1v) is 11.2. The maximum Gasteiger partial charge on any atom is 0.303 e. The summed E-state index contributed by atoms with van der Waals surface area (Å²) >= 11 is 0. The third kappa shape index (κ3) is 7.19. The molecule has 0 saturated heterocycles. The van der Waals surface area contributed by atoms with Crippen molar-refractivity contribution in [2.75, 3.05) is 18.5 Å². The Hall–Kier alpha value is -3.11. The first-order chi connectivity index (χ1) is 16.1. The van der Waals surface area contributed by atoms with Gasteiger partial charge in [-0.05, 0) is 49.7 Å². The lowest BCUT2D eigenvalue weighted by Gasteiger charge is -2.31. The number of hydrogen-bond donors (Lipinski definition) is 5. The van der Waals surface area contributed by atoms with E-state index in [1.54, 1.807) is 6.07 Å². The number of phenolic OH excluding ortho intramolecular Hbond substituents is 1. The van der Waals surface area contributed by atoms with Crippen LogP contribution in [0, 0.1) is 17.8 Å². The number of amides is 1. The second-order valence-electron chi connectivity index (χ2n) is 8.78. The number of nitrogens with one attached hydrogen (secondary N) is 1. The van der Waals surface area contributed by atoms with Gasteiger partial charge in [-0.2, -0.15) is 0 Å². The molecular formula is C24H31NO9. The molecular weight excluding hydrogens is 446 g/mol. The van der Waals surface area contributed by atoms with Gasteiger partial charge in [0.2, 0.25) is 5.91 Å². The average molecular weight is 478 g/mol. The van der Waals surface area contributed by atoms with E-state index in [-0.39, 0.29) is 73.2 Å². The molecule has 0 aliphatic heterocycles. The fourth-order valence-electron chi connectivity index (χ4n) is 4.53. The Morgan fingerprint density at radius 2 is 1.82 bits per heavy atom. The van der Waals surface area contributed by atoms with Gasteiger partial charge in [0.25, 0.3) is 0 Å². The Morgan fingerprint density at radius 3 is 2.41 bits per heavy atom. The molecule has 3 atom stereocenters. The van der Waals surface area contributed by atoms with Gasteiger partial charge in [0.15, 0.2) is 5.78 Å². The Labute approximate surface area is 197 Å². The molecule has 1 aromatic carbocycles. The van der Waals surface area contributed by atoms with Crippen LogP contribution in [-0.2, 0) is 25.6 Å². The quantitative estimate of drug-likeness (QED) is 0.208. The van der Waals surface area contributed by atoms with Gasteiger partial charge in [-0.15, -0.1) is 0 Å². The van der Waals surface area contributed by atoms with Crippen LogP contribution in [0.25, 0.3) is 0 Å². The van der Waals surface area contributed by atoms with Crippen molar-refractivity contribution >= 4 is 34.9 Å². The number of aromatic hydroxyl groups is 1. The van der Waals surface area contributed by atoms with Gasteiger partial charge >= 0.3 is 5.97 Å². The van der Waals surface area contributed by atoms with Gasteiger partial charge in [-0.25, -0.2) is 0 Å². The van der Waals surface area contributed by atoms with E-state index in [2.05, 4.69) is 5.32 Å². The van der Waals surface area contributed by atoms with Crippen LogP contribution >= 0.6 is 0 Å². The van der Waals surface area contributed by atoms with Gasteiger partial charge in [0, 0.05) is 25.4 Å². The smallest absolute Gasteiger partial charge is 0.303 e. The minimum atomic E-state index is -1.13. The molecule has 34 heavy (non-hydrogen) atoms. The highest BCUT2D eigenvalue weighted by atomic mass is 16.4. The van der Waals surface area contributed by atoms with E-state index in [4.69, 9.17) is 5.11 Å². The molecule has 10 nitrogen and oxygen atoms in total. The van der Waals surface area contributed by atoms with Gasteiger partial charge in [-0.3, -0.25) is 24.0 Å². The Kier molecular flexibility index (Phi) is 9.88. The molecule has 186 valence electrons. The van der Waals surface area contributed by atoms with Gasteiger partial charge in [-0.1, -0.05) is 6.07 Å². The van der Waals surface area contributed by atoms with Crippen molar-refractivity contribution in [3.63, 3.8) is 0 Å². The molecule has 0 radical (unpaired) electrons. The summed E-state index contributed by atoms with van der Waals surface area (Å²) in [5.41, 5.74) is 0.687. The van der Waals surface area contributed by atoms with Gasteiger partial charge in [0.1, 0.15) is 17.3 Å². The van der Waals surface area contributed by atoms with Crippen molar-refractivity contribution in [3.05, 3.63) is 23.3 Å². The first kappa shape index (κ1) is 27.1. The number of carboxylic acid groups (broad SMARTS) is 1. The number of carbonyl (C=O) groups excluding carboxylic acids is 4. The van der Waals surface area contributed by atoms with Crippen molar-refractivity contribution < 1.29 is 44.4 Å². The van der Waals surface area contributed by atoms with Crippen LogP contribution in [-0.4, -0.2) is 62.9 Å². The number of aliphatic hydroxyl groups excluding tert-OH is 2. The summed E-state index contributed by atoms with van der Waals surface area (Å²) in [6, 6.07) is 3.05. The molecule has 0 saturated carbocycles. The van der Waals surface area contributed by atoms with E-state index in [0.717, 1.165) is 0 Å². The number of Topliss-reactive ketones (excluding diaryl/α,β-unsaturated/α-hetero) is 3. The predicted molar refractivity (Wildman–Crippen MR) is 120 cm³/mol. The number of fused-ring (bicyclic) bond motifs is 1. The SMILES string of the molecule is CC(=O)CC(=O)C(CO)C(CCO)CC1CC(=O)c2c(ccc(NC(=O)CCC(=O)O)c2O)C1. The van der Waals surface area contributed by atoms with Crippen molar-refractivity contribution in [1.82, 2.24) is 0 Å². The largest absolute Gasteiger partial charge is 0.505 e. The highest BCUT2D eigenvalue weighted by molar-refractivity contribution is 6.04. The number of aliphatic hydroxyl groups is 2. The zero-order chi connectivity index (χ0) is 25.4. The fourth-order valence-corrected chi connectivity index (χ4v) is 4.53. The highest BCUT2D eigenvalue weighted by Gasteiger charge is 2.34. The zero-order valence-electron chi connectivity index (χ0n) is 19.1. The van der Waals surface area contributed by atoms with Crippen LogP contribution in [0.4, 0.5) is 5.69 Å². The third-order valence-corrected chi connectivity index (χ3v) is 6.10. The van der Waals surface area contributed by atoms with Gasteiger partial charge < -0.3 is 25.7 Å². The molecule has 5 N–H and O–H groups in total. The van der Waals surface area contributed by atoms with E-state index in [1.165, 1.54) is 13.0 Å². The van der Waals surface area contributed by atoms with E-state index in [1.807, 2.05) is 0 Å². The number of ketones is 3. The zero-order valence-corrected chi connectivity index (χ0v) is 19.1. The fraction of sp³-hybridized carbons (Fsp3) is 0.542. The summed E-state index contributed by atoms with van der Waals surface area (Å²) in [5, 5.41) is 40.9. The van der Waals surface area contributed by atoms with E-state index in [0.29, 0.717) is 18.4 Å². The average Bonchev–Trinajstić information content (AvgIpc) is 2.74. The monoisotopic (exact) mass is 477 g/mol. The number of aliphatic carboxylic acids is 1. The number of rotatable bonds is 13. The topological polar surface area (TPSA) is 178 Å². The standard InChI is InChI=1S/C24H31NO9/c1-13(28)8-19(29)17(12-27)15(6-7-26)9-14-10-16-2-3-18(24(34)23(16)20(30)11-14)25-21(31)4-5-22(32)33/h2-3,14-15,17,26-27,34H,4-12H2,1H3,(H,25,31)(H,32,33). The lowest BCUT2D eigenvalue weighted by molar-refractivity contribution is -0.138. The summed E-state index contributed by atoms with van der Waals surface area (Å²) in [5.74, 6) is -4.58. The lowest BCUT2D eigenvalue weighted by atomic mass is 9.73. The molecule has 0 fully saturated rings. The molecule has 10 heteroatoms. The number of anilines is 1. The van der Waals surface area contributed by atoms with Crippen LogP contribution in [0.2, 0.25) is 0 Å². The van der Waals surface area contributed by atoms with E-state index < -0.39 is 36.1 Å². The number of phenols is 1. The number of carbonyl (C=O) groups is 5. The predicted octanol–water partition coefficient (Wildman–Crippen LogP) is 1.49. The minimum Gasteiger partial charge on any atom is -0.505 e. The molecule has 1 aromatic rings. The molecule has 1 aliphatic rings. The van der Waals surface area contributed by atoms with Crippen LogP contribution in [0.1, 0.15) is 61.4 Å². The lowest BCUT2D eigenvalue weighted by Crippen LogP contribution is -2.32. The Morgan fingerprint density at radius 1 is 1.12 bits per heavy atom. The van der Waals surface area contributed by atoms with Crippen LogP contribution in [0.3, 0.4) is 0 Å². The van der Waals surface area contributed by atoms with Crippen LogP contribution in [0.5, 0.6) is 5.75 Å². The van der Waals surface area contributed by atoms with Crippen molar-refractivity contribution in [2.45, 2.75) is 51.9 Å². The van der Waals surface area contributed by atoms with Crippen LogP contribution < -0.4 is 5.32 Å². The van der Waals surface area contributed by atoms with E-state index >= 15 is 0 Å². The summed E-state index contributed by atoms with van der Waals surface area (Å²) in [4.78, 5) is 59.2. The number of hydrogen-bond acceptors (Lipinski definition) is 8. The molecule has 0 bridgehead atoms. The highest BCUT2D eigenvalue weighted by Crippen LogP contribution is 2.39. The van der Waals surface area contributed by atoms with Crippen molar-refractivity contribution in [3.8, 4) is 5.75 Å². The second kappa shape index (κ2) is 12.4. The molecule has 0 heterocycles. The Balaban J connectivity index is 2.17. The van der Waals surface area contributed by atoms with E-state index in [9.17, 15) is 39.3 Å². The molecule has 2 rings (SSSR count). The second-order valence-corrected chi connectivity index (χ2v) is 8.78. The first-order valence-electron chi connectivity index (χ1n) is 11.2. The minimum absolute atomic E-state index is 0.0225. The molecule has 3 unspecified atom stereocenters. The number of carboxylic acids is 1. The van der Waals surface area contributed by atoms with Crippen molar-refractivity contribution in [2.24, 2.45) is 17.8 Å². The molecule has 1 amide bonds. The maximum atomic E-state index is 12.9. The summed E-state index contributed by atoms with van der Waals surface area (Å²) in [6.07, 6.45) is 0.142. The normalized spacial score (nSPS) is 16.9. The van der Waals surface area contributed by atoms with Crippen molar-refractivity contribution in [1.29, 1.82) is 0 Å². The molecule has 0 aromatic heterocycles.